The zero-order valence-corrected chi connectivity index (χ0v) is 19.5. The maximum atomic E-state index is 4.95. The van der Waals surface area contributed by atoms with Crippen molar-refractivity contribution in [3.63, 3.8) is 0 Å². The van der Waals surface area contributed by atoms with Crippen LogP contribution in [0.4, 0.5) is 10.8 Å². The van der Waals surface area contributed by atoms with Gasteiger partial charge in [-0.05, 0) is 55.2 Å². The second-order valence-electron chi connectivity index (χ2n) is 7.92. The first-order chi connectivity index (χ1) is 15.7. The number of para-hydroxylation sites is 1. The highest BCUT2D eigenvalue weighted by Crippen LogP contribution is 2.25. The molecule has 4 nitrogen and oxygen atoms in total. The summed E-state index contributed by atoms with van der Waals surface area (Å²) in [5.74, 6) is 0.942. The number of nitrogens with zero attached hydrogens (tertiary/aromatic N) is 2. The molecule has 1 aromatic heterocycles. The summed E-state index contributed by atoms with van der Waals surface area (Å²) < 4.78 is 1.22. The first-order valence-corrected chi connectivity index (χ1v) is 12.1. The Morgan fingerprint density at radius 1 is 0.969 bits per heavy atom. The molecule has 0 spiro atoms. The van der Waals surface area contributed by atoms with Gasteiger partial charge in [0.25, 0.3) is 0 Å². The van der Waals surface area contributed by atoms with Crippen molar-refractivity contribution >= 4 is 38.2 Å². The third-order valence-electron chi connectivity index (χ3n) is 5.36. The van der Waals surface area contributed by atoms with E-state index in [1.165, 1.54) is 15.8 Å². The molecule has 1 heterocycles. The van der Waals surface area contributed by atoms with Gasteiger partial charge in [0, 0.05) is 12.2 Å². The predicted octanol–water partition coefficient (Wildman–Crippen LogP) is 7.32. The van der Waals surface area contributed by atoms with Gasteiger partial charge in [-0.2, -0.15) is 0 Å². The number of fused-ring (bicyclic) bond motifs is 1. The second-order valence-corrected chi connectivity index (χ2v) is 8.95. The Morgan fingerprint density at radius 3 is 2.47 bits per heavy atom. The van der Waals surface area contributed by atoms with Crippen molar-refractivity contribution in [1.29, 1.82) is 0 Å². The van der Waals surface area contributed by atoms with Gasteiger partial charge in [0.05, 0.1) is 22.1 Å². The van der Waals surface area contributed by atoms with Crippen LogP contribution in [0.1, 0.15) is 43.9 Å². The molecule has 32 heavy (non-hydrogen) atoms. The summed E-state index contributed by atoms with van der Waals surface area (Å²) in [7, 11) is 0. The number of hydrogen-bond donors (Lipinski definition) is 2. The van der Waals surface area contributed by atoms with Crippen LogP contribution in [0.2, 0.25) is 0 Å². The third kappa shape index (κ3) is 5.95. The first-order valence-electron chi connectivity index (χ1n) is 11.3. The molecule has 0 amide bonds. The van der Waals surface area contributed by atoms with E-state index in [9.17, 15) is 0 Å². The van der Waals surface area contributed by atoms with E-state index in [1.807, 2.05) is 13.0 Å². The van der Waals surface area contributed by atoms with Gasteiger partial charge in [-0.25, -0.2) is 4.98 Å². The molecule has 1 atom stereocenters. The number of benzene rings is 3. The number of thiazole rings is 1. The van der Waals surface area contributed by atoms with Crippen molar-refractivity contribution < 1.29 is 0 Å². The molecule has 0 aliphatic carbocycles. The van der Waals surface area contributed by atoms with E-state index < -0.39 is 0 Å². The molecule has 4 rings (SSSR count). The normalized spacial score (nSPS) is 12.6. The molecule has 0 aliphatic rings. The quantitative estimate of drug-likeness (QED) is 0.211. The minimum Gasteiger partial charge on any atom is -0.361 e. The van der Waals surface area contributed by atoms with Gasteiger partial charge in [-0.15, -0.1) is 0 Å². The average molecular weight is 443 g/mol. The number of rotatable bonds is 9. The largest absolute Gasteiger partial charge is 0.361 e. The van der Waals surface area contributed by atoms with E-state index in [0.29, 0.717) is 0 Å². The summed E-state index contributed by atoms with van der Waals surface area (Å²) in [6.07, 6.45) is 3.11. The van der Waals surface area contributed by atoms with Crippen molar-refractivity contribution in [2.75, 3.05) is 17.2 Å². The van der Waals surface area contributed by atoms with Gasteiger partial charge < -0.3 is 10.6 Å². The van der Waals surface area contributed by atoms with Crippen LogP contribution in [0.25, 0.3) is 10.2 Å². The molecule has 0 fully saturated rings. The molecule has 0 bridgehead atoms. The van der Waals surface area contributed by atoms with Gasteiger partial charge in [-0.1, -0.05) is 79.3 Å². The van der Waals surface area contributed by atoms with Gasteiger partial charge >= 0.3 is 0 Å². The van der Waals surface area contributed by atoms with E-state index in [-0.39, 0.29) is 6.04 Å². The van der Waals surface area contributed by atoms with Crippen molar-refractivity contribution in [1.82, 2.24) is 4.98 Å². The number of aromatic nitrogens is 1. The molecule has 0 radical (unpaired) electrons. The van der Waals surface area contributed by atoms with E-state index >= 15 is 0 Å². The molecule has 4 aromatic rings. The predicted molar refractivity (Wildman–Crippen MR) is 139 cm³/mol. The van der Waals surface area contributed by atoms with Crippen molar-refractivity contribution in [2.45, 2.75) is 39.2 Å². The summed E-state index contributed by atoms with van der Waals surface area (Å²) in [6, 6.07) is 27.6. The van der Waals surface area contributed by atoms with Gasteiger partial charge in [0.15, 0.2) is 5.13 Å². The smallest absolute Gasteiger partial charge is 0.183 e. The molecule has 0 saturated carbocycles. The van der Waals surface area contributed by atoms with E-state index in [1.54, 1.807) is 11.3 Å². The van der Waals surface area contributed by atoms with Gasteiger partial charge in [0.1, 0.15) is 0 Å². The fourth-order valence-corrected chi connectivity index (χ4v) is 4.64. The van der Waals surface area contributed by atoms with E-state index in [0.717, 1.165) is 48.0 Å². The maximum Gasteiger partial charge on any atom is 0.183 e. The monoisotopic (exact) mass is 442 g/mol. The Morgan fingerprint density at radius 2 is 1.72 bits per heavy atom. The molecule has 2 N–H and O–H groups in total. The lowest BCUT2D eigenvalue weighted by Crippen LogP contribution is -2.10. The molecule has 5 heteroatoms. The van der Waals surface area contributed by atoms with Crippen LogP contribution in [0.3, 0.4) is 0 Å². The lowest BCUT2D eigenvalue weighted by molar-refractivity contribution is 0.640. The van der Waals surface area contributed by atoms with Crippen molar-refractivity contribution in [3.8, 4) is 0 Å². The summed E-state index contributed by atoms with van der Waals surface area (Å²) in [6.45, 7) is 5.11. The fraction of sp³-hybridized carbons (Fsp3) is 0.259. The van der Waals surface area contributed by atoms with Crippen LogP contribution in [-0.2, 0) is 6.42 Å². The zero-order chi connectivity index (χ0) is 22.2. The van der Waals surface area contributed by atoms with Crippen LogP contribution >= 0.6 is 11.3 Å². The molecule has 3 aromatic carbocycles. The van der Waals surface area contributed by atoms with Crippen molar-refractivity contribution in [2.24, 2.45) is 4.99 Å². The Hall–Kier alpha value is -3.18. The van der Waals surface area contributed by atoms with Gasteiger partial charge in [-0.3, -0.25) is 4.99 Å². The fourth-order valence-electron chi connectivity index (χ4n) is 3.75. The van der Waals surface area contributed by atoms with Crippen LogP contribution in [0, 0.1) is 0 Å². The highest BCUT2D eigenvalue weighted by Gasteiger charge is 2.09. The molecular formula is C27H30N4S. The average Bonchev–Trinajstić information content (AvgIpc) is 3.23. The van der Waals surface area contributed by atoms with Crippen LogP contribution < -0.4 is 10.6 Å². The molecular weight excluding hydrogens is 412 g/mol. The lowest BCUT2D eigenvalue weighted by Gasteiger charge is -2.15. The Balaban J connectivity index is 1.31. The topological polar surface area (TPSA) is 49.3 Å². The Kier molecular flexibility index (Phi) is 7.51. The lowest BCUT2D eigenvalue weighted by atomic mass is 10.0. The summed E-state index contributed by atoms with van der Waals surface area (Å²) in [5.41, 5.74) is 4.69. The first kappa shape index (κ1) is 22.0. The number of hydrogen-bond acceptors (Lipinski definition) is 4. The Bertz CT molecular complexity index is 1120. The van der Waals surface area contributed by atoms with Crippen LogP contribution in [0.15, 0.2) is 83.9 Å². The van der Waals surface area contributed by atoms with Gasteiger partial charge in [0.2, 0.25) is 0 Å². The van der Waals surface area contributed by atoms with Crippen molar-refractivity contribution in [3.05, 3.63) is 90.0 Å². The minimum absolute atomic E-state index is 0.196. The number of aliphatic imine (C=N–C) groups is 1. The summed E-state index contributed by atoms with van der Waals surface area (Å²) in [5, 5.41) is 7.88. The van der Waals surface area contributed by atoms with E-state index in [2.05, 4.69) is 95.3 Å². The van der Waals surface area contributed by atoms with Crippen LogP contribution in [0.5, 0.6) is 0 Å². The zero-order valence-electron chi connectivity index (χ0n) is 18.7. The maximum absolute atomic E-state index is 4.95. The highest BCUT2D eigenvalue weighted by atomic mass is 32.1. The third-order valence-corrected chi connectivity index (χ3v) is 6.35. The number of amidine groups is 1. The standard InChI is InChI=1S/C27H30N4S/c1-3-9-24(22-10-5-4-6-11-22)30-20(2)29-23-16-14-21(15-17-23)18-19-28-27-31-25-12-7-8-13-26(25)32-27/h4-8,10-17,24H,3,9,18-19H2,1-2H3,(H,28,31)(H,29,30)/t24-/m1/s1. The minimum atomic E-state index is 0.196. The Labute approximate surface area is 194 Å². The molecule has 0 saturated heterocycles. The SMILES string of the molecule is CCC[C@@H](N=C(C)Nc1ccc(CCNc2nc3ccccc3s2)cc1)c1ccccc1. The number of anilines is 2. The summed E-state index contributed by atoms with van der Waals surface area (Å²) >= 11 is 1.70. The van der Waals surface area contributed by atoms with Crippen LogP contribution in [-0.4, -0.2) is 17.4 Å². The summed E-state index contributed by atoms with van der Waals surface area (Å²) in [4.78, 5) is 9.58. The van der Waals surface area contributed by atoms with E-state index in [4.69, 9.17) is 4.99 Å². The molecule has 0 unspecified atom stereocenters. The second kappa shape index (κ2) is 10.9. The number of nitrogens with one attached hydrogen (secondary N) is 2. The molecule has 164 valence electrons. The molecule has 0 aliphatic heterocycles. The highest BCUT2D eigenvalue weighted by molar-refractivity contribution is 7.22.